The highest BCUT2D eigenvalue weighted by Crippen LogP contribution is 2.44. The third-order valence-corrected chi connectivity index (χ3v) is 9.14. The summed E-state index contributed by atoms with van der Waals surface area (Å²) in [5, 5.41) is 7.75. The average molecular weight is 541 g/mol. The van der Waals surface area contributed by atoms with E-state index in [9.17, 15) is 0 Å². The molecule has 0 fully saturated rings. The third kappa shape index (κ3) is 4.78. The van der Waals surface area contributed by atoms with Crippen LogP contribution in [0.25, 0.3) is 54.6 Å². The van der Waals surface area contributed by atoms with Gasteiger partial charge in [0.15, 0.2) is 0 Å². The average Bonchev–Trinajstić information content (AvgIpc) is 3.06. The van der Waals surface area contributed by atoms with Crippen molar-refractivity contribution in [3.05, 3.63) is 157 Å². The number of hydrogen-bond donors (Lipinski definition) is 0. The van der Waals surface area contributed by atoms with E-state index in [1.54, 1.807) is 0 Å². The van der Waals surface area contributed by atoms with Gasteiger partial charge in [-0.3, -0.25) is 0 Å². The highest BCUT2D eigenvalue weighted by Gasteiger charge is 2.18. The Morgan fingerprint density at radius 2 is 0.952 bits per heavy atom. The predicted octanol–water partition coefficient (Wildman–Crippen LogP) is 12.2. The van der Waals surface area contributed by atoms with Gasteiger partial charge in [-0.25, -0.2) is 0 Å². The van der Waals surface area contributed by atoms with Crippen LogP contribution in [0.2, 0.25) is 0 Å². The fourth-order valence-electron chi connectivity index (χ4n) is 6.90. The van der Waals surface area contributed by atoms with Gasteiger partial charge in [0.2, 0.25) is 0 Å². The van der Waals surface area contributed by atoms with Crippen molar-refractivity contribution < 1.29 is 0 Å². The van der Waals surface area contributed by atoms with Crippen LogP contribution in [0, 0.1) is 0 Å². The molecular formula is C42H36. The molecule has 0 radical (unpaired) electrons. The maximum Gasteiger partial charge on any atom is -0.00262 e. The summed E-state index contributed by atoms with van der Waals surface area (Å²) >= 11 is 0. The number of benzene rings is 7. The number of rotatable bonds is 7. The molecule has 0 N–H and O–H groups in total. The van der Waals surface area contributed by atoms with Crippen molar-refractivity contribution >= 4 is 32.3 Å². The molecule has 0 nitrogen and oxygen atoms in total. The van der Waals surface area contributed by atoms with Crippen molar-refractivity contribution in [1.29, 1.82) is 0 Å². The molecule has 0 amide bonds. The first-order valence-electron chi connectivity index (χ1n) is 15.3. The molecule has 0 heteroatoms. The maximum absolute atomic E-state index is 2.38. The molecular weight excluding hydrogens is 504 g/mol. The summed E-state index contributed by atoms with van der Waals surface area (Å²) in [4.78, 5) is 0. The van der Waals surface area contributed by atoms with Gasteiger partial charge in [0.1, 0.15) is 0 Å². The first kappa shape index (κ1) is 26.2. The van der Waals surface area contributed by atoms with E-state index in [1.807, 2.05) is 0 Å². The van der Waals surface area contributed by atoms with Crippen LogP contribution < -0.4 is 0 Å². The van der Waals surface area contributed by atoms with E-state index in [0.717, 1.165) is 12.8 Å². The Hall–Kier alpha value is -4.68. The Bertz CT molecular complexity index is 1940. The Morgan fingerprint density at radius 3 is 1.55 bits per heavy atom. The summed E-state index contributed by atoms with van der Waals surface area (Å²) in [6, 6.07) is 53.8. The van der Waals surface area contributed by atoms with Gasteiger partial charge in [-0.2, -0.15) is 0 Å². The molecule has 7 rings (SSSR count). The molecule has 42 heavy (non-hydrogen) atoms. The minimum absolute atomic E-state index is 0.534. The largest absolute Gasteiger partial charge is 0.0648 e. The van der Waals surface area contributed by atoms with E-state index in [0.29, 0.717) is 11.8 Å². The van der Waals surface area contributed by atoms with E-state index < -0.39 is 0 Å². The van der Waals surface area contributed by atoms with Crippen molar-refractivity contribution in [3.63, 3.8) is 0 Å². The molecule has 0 aliphatic carbocycles. The van der Waals surface area contributed by atoms with Crippen LogP contribution in [0.1, 0.15) is 49.7 Å². The van der Waals surface area contributed by atoms with Crippen molar-refractivity contribution in [1.82, 2.24) is 0 Å². The number of fused-ring (bicyclic) bond motifs is 3. The molecule has 0 bridgehead atoms. The summed E-state index contributed by atoms with van der Waals surface area (Å²) < 4.78 is 0. The Balaban J connectivity index is 1.34. The van der Waals surface area contributed by atoms with Crippen LogP contribution in [0.4, 0.5) is 0 Å². The normalized spacial score (nSPS) is 13.0. The molecule has 204 valence electrons. The zero-order chi connectivity index (χ0) is 28.5. The van der Waals surface area contributed by atoms with Crippen LogP contribution in [-0.2, 0) is 0 Å². The van der Waals surface area contributed by atoms with Crippen molar-refractivity contribution in [2.45, 2.75) is 38.5 Å². The Morgan fingerprint density at radius 1 is 0.452 bits per heavy atom. The van der Waals surface area contributed by atoms with E-state index in [2.05, 4.69) is 159 Å². The third-order valence-electron chi connectivity index (χ3n) is 9.14. The topological polar surface area (TPSA) is 0 Å². The standard InChI is InChI=1S/C42H36/c1-3-30(27-29(2)31-13-5-4-6-14-31)33-21-24-34(25-22-33)41-37-17-9-11-19-39(37)42(40-20-12-10-18-38(40)41)36-26-23-32-15-7-8-16-35(32)28-36/h4-26,28-30H,3,27H2,1-2H3. The zero-order valence-corrected chi connectivity index (χ0v) is 24.4. The minimum atomic E-state index is 0.534. The predicted molar refractivity (Wildman–Crippen MR) is 182 cm³/mol. The Labute approximate surface area is 249 Å². The smallest absolute Gasteiger partial charge is 0.00262 e. The molecule has 7 aromatic rings. The fraction of sp³-hybridized carbons (Fsp3) is 0.143. The molecule has 0 spiro atoms. The van der Waals surface area contributed by atoms with E-state index >= 15 is 0 Å². The summed E-state index contributed by atoms with van der Waals surface area (Å²) in [6.45, 7) is 4.69. The van der Waals surface area contributed by atoms with Crippen molar-refractivity contribution in [2.75, 3.05) is 0 Å². The number of hydrogen-bond acceptors (Lipinski definition) is 0. The molecule has 0 saturated heterocycles. The van der Waals surface area contributed by atoms with Crippen LogP contribution in [0.5, 0.6) is 0 Å². The zero-order valence-electron chi connectivity index (χ0n) is 24.4. The summed E-state index contributed by atoms with van der Waals surface area (Å²) in [6.07, 6.45) is 2.30. The molecule has 0 aliphatic heterocycles. The summed E-state index contributed by atoms with van der Waals surface area (Å²) in [7, 11) is 0. The summed E-state index contributed by atoms with van der Waals surface area (Å²) in [5.74, 6) is 1.07. The highest BCUT2D eigenvalue weighted by molar-refractivity contribution is 6.21. The Kier molecular flexibility index (Phi) is 7.06. The van der Waals surface area contributed by atoms with E-state index in [-0.39, 0.29) is 0 Å². The molecule has 2 atom stereocenters. The van der Waals surface area contributed by atoms with Gasteiger partial charge in [0, 0.05) is 0 Å². The monoisotopic (exact) mass is 540 g/mol. The van der Waals surface area contributed by atoms with E-state index in [4.69, 9.17) is 0 Å². The lowest BCUT2D eigenvalue weighted by Gasteiger charge is -2.22. The highest BCUT2D eigenvalue weighted by atomic mass is 14.2. The van der Waals surface area contributed by atoms with Gasteiger partial charge in [0.05, 0.1) is 0 Å². The molecule has 0 heterocycles. The fourth-order valence-corrected chi connectivity index (χ4v) is 6.90. The van der Waals surface area contributed by atoms with Gasteiger partial charge in [0.25, 0.3) is 0 Å². The molecule has 0 aromatic heterocycles. The first-order chi connectivity index (χ1) is 20.7. The van der Waals surface area contributed by atoms with Crippen LogP contribution in [0.3, 0.4) is 0 Å². The molecule has 2 unspecified atom stereocenters. The first-order valence-corrected chi connectivity index (χ1v) is 15.3. The van der Waals surface area contributed by atoms with Gasteiger partial charge in [-0.05, 0) is 96.4 Å². The van der Waals surface area contributed by atoms with Crippen LogP contribution in [0.15, 0.2) is 146 Å². The molecule has 0 aliphatic rings. The maximum atomic E-state index is 2.38. The van der Waals surface area contributed by atoms with Gasteiger partial charge in [-0.15, -0.1) is 0 Å². The van der Waals surface area contributed by atoms with Crippen LogP contribution >= 0.6 is 0 Å². The van der Waals surface area contributed by atoms with Gasteiger partial charge >= 0.3 is 0 Å². The lowest BCUT2D eigenvalue weighted by atomic mass is 9.83. The van der Waals surface area contributed by atoms with Gasteiger partial charge < -0.3 is 0 Å². The second kappa shape index (κ2) is 11.3. The van der Waals surface area contributed by atoms with Crippen molar-refractivity contribution in [2.24, 2.45) is 0 Å². The quantitative estimate of drug-likeness (QED) is 0.176. The molecule has 0 saturated carbocycles. The van der Waals surface area contributed by atoms with Crippen molar-refractivity contribution in [3.8, 4) is 22.3 Å². The second-order valence-electron chi connectivity index (χ2n) is 11.7. The van der Waals surface area contributed by atoms with Crippen LogP contribution in [-0.4, -0.2) is 0 Å². The second-order valence-corrected chi connectivity index (χ2v) is 11.7. The minimum Gasteiger partial charge on any atom is -0.0648 e. The summed E-state index contributed by atoms with van der Waals surface area (Å²) in [5.41, 5.74) is 8.04. The van der Waals surface area contributed by atoms with Gasteiger partial charge in [-0.1, -0.05) is 153 Å². The van der Waals surface area contributed by atoms with E-state index in [1.165, 1.54) is 65.7 Å². The lowest BCUT2D eigenvalue weighted by molar-refractivity contribution is 0.544. The molecule has 7 aromatic carbocycles. The SMILES string of the molecule is CCC(CC(C)c1ccccc1)c1ccc(-c2c3ccccc3c(-c3ccc4ccccc4c3)c3ccccc23)cc1. The lowest BCUT2D eigenvalue weighted by Crippen LogP contribution is -2.03.